The van der Waals surface area contributed by atoms with E-state index in [-0.39, 0.29) is 5.78 Å². The van der Waals surface area contributed by atoms with E-state index in [0.717, 1.165) is 67.4 Å². The van der Waals surface area contributed by atoms with Gasteiger partial charge < -0.3 is 20.9 Å². The number of unbranched alkanes of at least 4 members (excludes halogenated alkanes) is 7. The first-order valence-electron chi connectivity index (χ1n) is 16.9. The van der Waals surface area contributed by atoms with Gasteiger partial charge in [-0.3, -0.25) is 4.79 Å². The number of ketones is 1. The van der Waals surface area contributed by atoms with Gasteiger partial charge in [-0.1, -0.05) is 112 Å². The van der Waals surface area contributed by atoms with Crippen molar-refractivity contribution in [3.05, 3.63) is 119 Å². The number of benzene rings is 4. The molecule has 47 heavy (non-hydrogen) atoms. The topological polar surface area (TPSA) is 105 Å². The zero-order chi connectivity index (χ0) is 33.3. The van der Waals surface area contributed by atoms with Crippen LogP contribution in [0.5, 0.6) is 5.75 Å². The van der Waals surface area contributed by atoms with Crippen LogP contribution in [0.25, 0.3) is 17.2 Å². The van der Waals surface area contributed by atoms with Gasteiger partial charge in [0.1, 0.15) is 5.75 Å². The fourth-order valence-electron chi connectivity index (χ4n) is 5.36. The molecule has 0 saturated heterocycles. The van der Waals surface area contributed by atoms with Crippen LogP contribution in [0, 0.1) is 0 Å². The molecular formula is C41H48N2O4. The number of hydrogen-bond acceptors (Lipinski definition) is 6. The molecule has 4 aromatic carbocycles. The number of carbonyl (C=O) groups is 2. The number of anilines is 2. The molecule has 4 N–H and O–H groups in total. The monoisotopic (exact) mass is 632 g/mol. The standard InChI is InChI=1S/C41H48N2O4/c1-2-3-8-11-31-12-17-33(18-13-31)34-19-21-35(22-20-34)40(44)25-16-32-14-23-39(24-15-32)46-26-9-6-4-5-7-10-27-47-41(45)36-28-37(42)30-38(43)29-36/h12-25,28-30H,2-11,26-27,42-43H2,1H3. The van der Waals surface area contributed by atoms with Gasteiger partial charge in [-0.15, -0.1) is 0 Å². The molecule has 0 amide bonds. The fourth-order valence-corrected chi connectivity index (χ4v) is 5.36. The molecule has 0 saturated carbocycles. The SMILES string of the molecule is CCCCCc1ccc(-c2ccc(C(=O)C=Cc3ccc(OCCCCCCCCOC(=O)c4cc(N)cc(N)c4)cc3)cc2)cc1. The van der Waals surface area contributed by atoms with E-state index in [9.17, 15) is 9.59 Å². The van der Waals surface area contributed by atoms with E-state index in [4.69, 9.17) is 20.9 Å². The van der Waals surface area contributed by atoms with Crippen LogP contribution in [-0.4, -0.2) is 25.0 Å². The molecule has 246 valence electrons. The molecule has 0 aromatic heterocycles. The first kappa shape index (κ1) is 35.0. The van der Waals surface area contributed by atoms with Crippen LogP contribution in [0.1, 0.15) is 96.6 Å². The Labute approximate surface area is 279 Å². The Morgan fingerprint density at radius 3 is 1.87 bits per heavy atom. The normalized spacial score (nSPS) is 11.1. The third-order valence-corrected chi connectivity index (χ3v) is 8.09. The zero-order valence-corrected chi connectivity index (χ0v) is 27.6. The Hall–Kier alpha value is -4.84. The number of allylic oxidation sites excluding steroid dienone is 1. The van der Waals surface area contributed by atoms with Crippen molar-refractivity contribution in [2.75, 3.05) is 24.7 Å². The number of nitrogens with two attached hydrogens (primary N) is 2. The molecule has 0 radical (unpaired) electrons. The second-order valence-electron chi connectivity index (χ2n) is 12.0. The molecule has 6 heteroatoms. The number of hydrogen-bond donors (Lipinski definition) is 2. The van der Waals surface area contributed by atoms with Crippen LogP contribution in [0.15, 0.2) is 97.1 Å². The average molecular weight is 633 g/mol. The van der Waals surface area contributed by atoms with Crippen molar-refractivity contribution in [1.29, 1.82) is 0 Å². The number of aryl methyl sites for hydroxylation is 1. The Bertz CT molecular complexity index is 1560. The predicted octanol–water partition coefficient (Wildman–Crippen LogP) is 9.72. The van der Waals surface area contributed by atoms with Gasteiger partial charge in [0.15, 0.2) is 5.78 Å². The van der Waals surface area contributed by atoms with E-state index in [0.29, 0.717) is 35.7 Å². The summed E-state index contributed by atoms with van der Waals surface area (Å²) < 4.78 is 11.2. The number of rotatable bonds is 19. The summed E-state index contributed by atoms with van der Waals surface area (Å²) in [5.41, 5.74) is 18.0. The molecule has 0 aliphatic heterocycles. The average Bonchev–Trinajstić information content (AvgIpc) is 3.08. The van der Waals surface area contributed by atoms with Crippen molar-refractivity contribution in [2.45, 2.75) is 71.1 Å². The smallest absolute Gasteiger partial charge is 0.338 e. The van der Waals surface area contributed by atoms with Crippen molar-refractivity contribution in [3.63, 3.8) is 0 Å². The summed E-state index contributed by atoms with van der Waals surface area (Å²) in [5.74, 6) is 0.407. The summed E-state index contributed by atoms with van der Waals surface area (Å²) in [4.78, 5) is 24.9. The Kier molecular flexibility index (Phi) is 14.1. The van der Waals surface area contributed by atoms with E-state index in [1.807, 2.05) is 54.6 Å². The molecule has 0 atom stereocenters. The summed E-state index contributed by atoms with van der Waals surface area (Å²) in [6.45, 7) is 3.27. The fraction of sp³-hybridized carbons (Fsp3) is 0.317. The van der Waals surface area contributed by atoms with Gasteiger partial charge in [-0.2, -0.15) is 0 Å². The summed E-state index contributed by atoms with van der Waals surface area (Å²) in [6, 6.07) is 29.1. The van der Waals surface area contributed by atoms with Crippen LogP contribution in [0.3, 0.4) is 0 Å². The highest BCUT2D eigenvalue weighted by Crippen LogP contribution is 2.22. The highest BCUT2D eigenvalue weighted by atomic mass is 16.5. The largest absolute Gasteiger partial charge is 0.494 e. The van der Waals surface area contributed by atoms with Gasteiger partial charge in [0.05, 0.1) is 18.8 Å². The van der Waals surface area contributed by atoms with Crippen LogP contribution in [0.2, 0.25) is 0 Å². The minimum Gasteiger partial charge on any atom is -0.494 e. The van der Waals surface area contributed by atoms with Gasteiger partial charge >= 0.3 is 5.97 Å². The number of nitrogen functional groups attached to an aromatic ring is 2. The summed E-state index contributed by atoms with van der Waals surface area (Å²) in [6.07, 6.45) is 14.4. The van der Waals surface area contributed by atoms with Gasteiger partial charge in [0, 0.05) is 16.9 Å². The van der Waals surface area contributed by atoms with Gasteiger partial charge in [-0.05, 0) is 84.3 Å². The zero-order valence-electron chi connectivity index (χ0n) is 27.6. The Balaban J connectivity index is 1.08. The van der Waals surface area contributed by atoms with E-state index in [1.54, 1.807) is 24.3 Å². The molecule has 4 rings (SSSR count). The molecule has 6 nitrogen and oxygen atoms in total. The molecule has 0 unspecified atom stereocenters. The maximum Gasteiger partial charge on any atom is 0.338 e. The Morgan fingerprint density at radius 2 is 1.23 bits per heavy atom. The van der Waals surface area contributed by atoms with E-state index in [1.165, 1.54) is 24.8 Å². The summed E-state index contributed by atoms with van der Waals surface area (Å²) in [5, 5.41) is 0. The Morgan fingerprint density at radius 1 is 0.638 bits per heavy atom. The molecule has 0 heterocycles. The maximum absolute atomic E-state index is 12.8. The van der Waals surface area contributed by atoms with Crippen LogP contribution in [-0.2, 0) is 11.2 Å². The van der Waals surface area contributed by atoms with Crippen molar-refractivity contribution < 1.29 is 19.1 Å². The molecule has 0 fully saturated rings. The van der Waals surface area contributed by atoms with Crippen molar-refractivity contribution >= 4 is 29.2 Å². The quantitative estimate of drug-likeness (QED) is 0.0351. The van der Waals surface area contributed by atoms with Crippen molar-refractivity contribution in [2.24, 2.45) is 0 Å². The van der Waals surface area contributed by atoms with Crippen LogP contribution < -0.4 is 16.2 Å². The highest BCUT2D eigenvalue weighted by molar-refractivity contribution is 6.07. The van der Waals surface area contributed by atoms with Crippen molar-refractivity contribution in [1.82, 2.24) is 0 Å². The lowest BCUT2D eigenvalue weighted by Gasteiger charge is -2.07. The highest BCUT2D eigenvalue weighted by Gasteiger charge is 2.09. The lowest BCUT2D eigenvalue weighted by molar-refractivity contribution is 0.0497. The third-order valence-electron chi connectivity index (χ3n) is 8.09. The first-order valence-corrected chi connectivity index (χ1v) is 16.9. The molecule has 0 aliphatic rings. The molecule has 0 spiro atoms. The second-order valence-corrected chi connectivity index (χ2v) is 12.0. The molecular weight excluding hydrogens is 584 g/mol. The number of carbonyl (C=O) groups excluding carboxylic acids is 2. The van der Waals surface area contributed by atoms with Crippen LogP contribution in [0.4, 0.5) is 11.4 Å². The second kappa shape index (κ2) is 19.0. The first-order chi connectivity index (χ1) is 22.9. The lowest BCUT2D eigenvalue weighted by Crippen LogP contribution is -2.07. The van der Waals surface area contributed by atoms with E-state index < -0.39 is 5.97 Å². The van der Waals surface area contributed by atoms with E-state index >= 15 is 0 Å². The maximum atomic E-state index is 12.8. The summed E-state index contributed by atoms with van der Waals surface area (Å²) in [7, 11) is 0. The predicted molar refractivity (Wildman–Crippen MR) is 194 cm³/mol. The lowest BCUT2D eigenvalue weighted by atomic mass is 9.99. The van der Waals surface area contributed by atoms with Gasteiger partial charge in [-0.25, -0.2) is 4.79 Å². The minimum atomic E-state index is -0.394. The number of esters is 1. The molecule has 4 aromatic rings. The minimum absolute atomic E-state index is 0.0208. The molecule has 0 bridgehead atoms. The van der Waals surface area contributed by atoms with Gasteiger partial charge in [0.25, 0.3) is 0 Å². The van der Waals surface area contributed by atoms with Crippen LogP contribution >= 0.6 is 0 Å². The van der Waals surface area contributed by atoms with Crippen molar-refractivity contribution in [3.8, 4) is 16.9 Å². The van der Waals surface area contributed by atoms with E-state index in [2.05, 4.69) is 31.2 Å². The third kappa shape index (κ3) is 12.1. The molecule has 0 aliphatic carbocycles. The number of ether oxygens (including phenoxy) is 2. The summed E-state index contributed by atoms with van der Waals surface area (Å²) >= 11 is 0. The van der Waals surface area contributed by atoms with Gasteiger partial charge in [0.2, 0.25) is 0 Å².